The van der Waals surface area contributed by atoms with Crippen LogP contribution in [0.15, 0.2) is 6.20 Å². The zero-order valence-corrected chi connectivity index (χ0v) is 12.8. The second-order valence-corrected chi connectivity index (χ2v) is 5.86. The molecule has 2 rings (SSSR count). The minimum absolute atomic E-state index is 0.0139. The molecule has 8 heteroatoms. The molecular formula is C14H22N6O2. The van der Waals surface area contributed by atoms with Crippen molar-refractivity contribution in [2.45, 2.75) is 45.2 Å². The number of nitrogens with one attached hydrogen (secondary N) is 2. The van der Waals surface area contributed by atoms with E-state index in [-0.39, 0.29) is 23.5 Å². The summed E-state index contributed by atoms with van der Waals surface area (Å²) >= 11 is 0. The van der Waals surface area contributed by atoms with Crippen molar-refractivity contribution in [3.8, 4) is 0 Å². The van der Waals surface area contributed by atoms with Crippen LogP contribution >= 0.6 is 0 Å². The van der Waals surface area contributed by atoms with Gasteiger partial charge in [-0.1, -0.05) is 13.8 Å². The first-order valence-corrected chi connectivity index (χ1v) is 7.37. The molecule has 1 aromatic rings. The number of rotatable bonds is 7. The zero-order valence-electron chi connectivity index (χ0n) is 12.8. The monoisotopic (exact) mass is 306 g/mol. The maximum Gasteiger partial charge on any atom is 0.254 e. The van der Waals surface area contributed by atoms with Crippen molar-refractivity contribution in [2.75, 3.05) is 10.6 Å². The molecule has 0 unspecified atom stereocenters. The lowest BCUT2D eigenvalue weighted by Crippen LogP contribution is -2.40. The number of aromatic nitrogens is 2. The molecule has 1 atom stereocenters. The molecule has 0 bridgehead atoms. The van der Waals surface area contributed by atoms with Crippen molar-refractivity contribution in [1.82, 2.24) is 9.97 Å². The summed E-state index contributed by atoms with van der Waals surface area (Å²) in [4.78, 5) is 31.2. The second kappa shape index (κ2) is 6.59. The number of hydrogen-bond donors (Lipinski definition) is 4. The van der Waals surface area contributed by atoms with Gasteiger partial charge in [-0.15, -0.1) is 0 Å². The topological polar surface area (TPSA) is 136 Å². The number of carbonyl (C=O) groups is 2. The van der Waals surface area contributed by atoms with Gasteiger partial charge >= 0.3 is 0 Å². The van der Waals surface area contributed by atoms with Crippen molar-refractivity contribution in [3.05, 3.63) is 11.8 Å². The first-order valence-electron chi connectivity index (χ1n) is 7.37. The van der Waals surface area contributed by atoms with Gasteiger partial charge in [-0.25, -0.2) is 4.98 Å². The Balaban J connectivity index is 2.23. The Labute approximate surface area is 129 Å². The van der Waals surface area contributed by atoms with E-state index in [1.165, 1.54) is 6.20 Å². The molecule has 1 heterocycles. The van der Waals surface area contributed by atoms with Crippen LogP contribution in [-0.4, -0.2) is 33.9 Å². The van der Waals surface area contributed by atoms with Crippen molar-refractivity contribution < 1.29 is 9.59 Å². The second-order valence-electron chi connectivity index (χ2n) is 5.86. The summed E-state index contributed by atoms with van der Waals surface area (Å²) in [5.41, 5.74) is 10.9. The predicted molar refractivity (Wildman–Crippen MR) is 83.3 cm³/mol. The minimum atomic E-state index is -0.594. The van der Waals surface area contributed by atoms with Gasteiger partial charge in [0, 0.05) is 12.2 Å². The fourth-order valence-electron chi connectivity index (χ4n) is 2.19. The number of nitrogens with two attached hydrogens (primary N) is 2. The lowest BCUT2D eigenvalue weighted by atomic mass is 9.93. The molecule has 1 saturated carbocycles. The molecule has 1 aliphatic rings. The van der Waals surface area contributed by atoms with Crippen LogP contribution in [0.2, 0.25) is 0 Å². The zero-order chi connectivity index (χ0) is 16.3. The molecule has 0 saturated heterocycles. The molecule has 22 heavy (non-hydrogen) atoms. The Hall–Kier alpha value is -2.38. The fourth-order valence-corrected chi connectivity index (χ4v) is 2.19. The molecule has 0 radical (unpaired) electrons. The Morgan fingerprint density at radius 1 is 1.32 bits per heavy atom. The van der Waals surface area contributed by atoms with Crippen molar-refractivity contribution in [3.63, 3.8) is 0 Å². The number of nitrogens with zero attached hydrogens (tertiary/aromatic N) is 2. The van der Waals surface area contributed by atoms with Crippen LogP contribution in [-0.2, 0) is 4.79 Å². The number of primary amides is 2. The molecule has 1 aromatic heterocycles. The largest absolute Gasteiger partial charge is 0.368 e. The summed E-state index contributed by atoms with van der Waals surface area (Å²) in [5, 5.41) is 6.10. The van der Waals surface area contributed by atoms with Crippen LogP contribution in [0, 0.1) is 5.92 Å². The summed E-state index contributed by atoms with van der Waals surface area (Å²) in [6.45, 7) is 3.74. The van der Waals surface area contributed by atoms with Crippen LogP contribution < -0.4 is 22.1 Å². The highest BCUT2D eigenvalue weighted by Gasteiger charge is 2.23. The van der Waals surface area contributed by atoms with E-state index < -0.39 is 17.9 Å². The molecule has 120 valence electrons. The lowest BCUT2D eigenvalue weighted by Gasteiger charge is -2.28. The molecule has 0 aromatic carbocycles. The number of carbonyl (C=O) groups excluding carboxylic acids is 2. The highest BCUT2D eigenvalue weighted by atomic mass is 16.1. The smallest absolute Gasteiger partial charge is 0.254 e. The molecule has 1 aliphatic carbocycles. The van der Waals surface area contributed by atoms with Crippen LogP contribution in [0.25, 0.3) is 0 Å². The van der Waals surface area contributed by atoms with Gasteiger partial charge in [0.05, 0.1) is 5.56 Å². The summed E-state index contributed by atoms with van der Waals surface area (Å²) < 4.78 is 0. The van der Waals surface area contributed by atoms with Crippen LogP contribution in [0.5, 0.6) is 0 Å². The molecule has 0 aliphatic heterocycles. The average Bonchev–Trinajstić information content (AvgIpc) is 2.39. The van der Waals surface area contributed by atoms with Gasteiger partial charge in [0.25, 0.3) is 5.91 Å². The van der Waals surface area contributed by atoms with Crippen LogP contribution in [0.1, 0.15) is 43.5 Å². The SMILES string of the molecule is CC(C)[C@@H](Nc1ncc(C(N)=O)c(NC2CCC2)n1)C(N)=O. The quantitative estimate of drug-likeness (QED) is 0.578. The van der Waals surface area contributed by atoms with Gasteiger partial charge in [-0.2, -0.15) is 4.98 Å². The summed E-state index contributed by atoms with van der Waals surface area (Å²) in [5.74, 6) is -0.458. The normalized spacial score (nSPS) is 16.0. The van der Waals surface area contributed by atoms with Gasteiger partial charge in [0.1, 0.15) is 11.9 Å². The van der Waals surface area contributed by atoms with E-state index >= 15 is 0 Å². The highest BCUT2D eigenvalue weighted by molar-refractivity contribution is 5.97. The highest BCUT2D eigenvalue weighted by Crippen LogP contribution is 2.24. The number of anilines is 2. The first kappa shape index (κ1) is 16.0. The maximum atomic E-state index is 11.5. The van der Waals surface area contributed by atoms with Crippen molar-refractivity contribution in [2.24, 2.45) is 17.4 Å². The van der Waals surface area contributed by atoms with Crippen LogP contribution in [0.4, 0.5) is 11.8 Å². The third kappa shape index (κ3) is 3.63. The van der Waals surface area contributed by atoms with E-state index in [0.717, 1.165) is 19.3 Å². The summed E-state index contributed by atoms with van der Waals surface area (Å²) in [7, 11) is 0. The first-order chi connectivity index (χ1) is 10.4. The molecular weight excluding hydrogens is 284 g/mol. The summed E-state index contributed by atoms with van der Waals surface area (Å²) in [6, 6.07) is -0.297. The van der Waals surface area contributed by atoms with Gasteiger partial charge in [0.2, 0.25) is 11.9 Å². The molecule has 0 spiro atoms. The fraction of sp³-hybridized carbons (Fsp3) is 0.571. The number of amides is 2. The Bertz CT molecular complexity index is 570. The third-order valence-electron chi connectivity index (χ3n) is 3.76. The van der Waals surface area contributed by atoms with E-state index in [0.29, 0.717) is 5.82 Å². The maximum absolute atomic E-state index is 11.5. The van der Waals surface area contributed by atoms with E-state index in [1.54, 1.807) is 0 Å². The van der Waals surface area contributed by atoms with Gasteiger partial charge in [-0.05, 0) is 25.2 Å². The van der Waals surface area contributed by atoms with E-state index in [4.69, 9.17) is 11.5 Å². The van der Waals surface area contributed by atoms with Crippen LogP contribution in [0.3, 0.4) is 0 Å². The molecule has 8 nitrogen and oxygen atoms in total. The number of hydrogen-bond acceptors (Lipinski definition) is 6. The van der Waals surface area contributed by atoms with Gasteiger partial charge in [-0.3, -0.25) is 9.59 Å². The van der Waals surface area contributed by atoms with Gasteiger partial charge in [0.15, 0.2) is 0 Å². The predicted octanol–water partition coefficient (Wildman–Crippen LogP) is 0.462. The Kier molecular flexibility index (Phi) is 4.79. The molecule has 1 fully saturated rings. The van der Waals surface area contributed by atoms with Gasteiger partial charge < -0.3 is 22.1 Å². The molecule has 6 N–H and O–H groups in total. The van der Waals surface area contributed by atoms with E-state index in [1.807, 2.05) is 13.8 Å². The summed E-state index contributed by atoms with van der Waals surface area (Å²) in [6.07, 6.45) is 4.57. The average molecular weight is 306 g/mol. The third-order valence-corrected chi connectivity index (χ3v) is 3.76. The lowest BCUT2D eigenvalue weighted by molar-refractivity contribution is -0.119. The van der Waals surface area contributed by atoms with E-state index in [9.17, 15) is 9.59 Å². The standard InChI is InChI=1S/C14H22N6O2/c1-7(2)10(12(16)22)19-14-17-6-9(11(15)21)13(20-14)18-8-4-3-5-8/h6-8,10H,3-5H2,1-2H3,(H2,15,21)(H2,16,22)(H2,17,18,19,20)/t10-/m1/s1. The van der Waals surface area contributed by atoms with Crippen molar-refractivity contribution >= 4 is 23.6 Å². The minimum Gasteiger partial charge on any atom is -0.368 e. The Morgan fingerprint density at radius 3 is 2.45 bits per heavy atom. The van der Waals surface area contributed by atoms with Crippen molar-refractivity contribution in [1.29, 1.82) is 0 Å². The van der Waals surface area contributed by atoms with E-state index in [2.05, 4.69) is 20.6 Å². The molecule has 2 amide bonds. The Morgan fingerprint density at radius 2 is 2.00 bits per heavy atom.